The lowest BCUT2D eigenvalue weighted by Crippen LogP contribution is -2.08. The second kappa shape index (κ2) is 6.01. The Morgan fingerprint density at radius 1 is 1.20 bits per heavy atom. The minimum atomic E-state index is -0.935. The highest BCUT2D eigenvalue weighted by Crippen LogP contribution is 2.23. The summed E-state index contributed by atoms with van der Waals surface area (Å²) in [5, 5.41) is 9.21. The highest BCUT2D eigenvalue weighted by molar-refractivity contribution is 7.80. The molecule has 0 aliphatic rings. The van der Waals surface area contributed by atoms with Gasteiger partial charge in [0, 0.05) is 10.5 Å². The van der Waals surface area contributed by atoms with Crippen molar-refractivity contribution in [2.45, 2.75) is 25.3 Å². The van der Waals surface area contributed by atoms with E-state index in [0.29, 0.717) is 5.56 Å². The lowest BCUT2D eigenvalue weighted by Gasteiger charge is -2.13. The Morgan fingerprint density at radius 3 is 2.60 bits per heavy atom. The van der Waals surface area contributed by atoms with Crippen molar-refractivity contribution in [2.75, 3.05) is 0 Å². The van der Waals surface area contributed by atoms with E-state index in [1.807, 2.05) is 38.1 Å². The molecule has 2 aromatic carbocycles. The van der Waals surface area contributed by atoms with Crippen LogP contribution in [0.5, 0.6) is 5.75 Å². The summed E-state index contributed by atoms with van der Waals surface area (Å²) in [5.74, 6) is -0.197. The SMILES string of the molecule is Cc1cc(S)ccc1OCc1c(C)cccc1C(=O)O. The monoisotopic (exact) mass is 288 g/mol. The molecule has 104 valence electrons. The van der Waals surface area contributed by atoms with Crippen molar-refractivity contribution in [2.24, 2.45) is 0 Å². The molecule has 0 saturated heterocycles. The van der Waals surface area contributed by atoms with Crippen molar-refractivity contribution < 1.29 is 14.6 Å². The fraction of sp³-hybridized carbons (Fsp3) is 0.188. The van der Waals surface area contributed by atoms with Crippen molar-refractivity contribution in [1.29, 1.82) is 0 Å². The zero-order valence-electron chi connectivity index (χ0n) is 11.4. The molecule has 3 nitrogen and oxygen atoms in total. The number of thiol groups is 1. The van der Waals surface area contributed by atoms with Crippen LogP contribution in [0.3, 0.4) is 0 Å². The number of carbonyl (C=O) groups is 1. The molecule has 0 fully saturated rings. The van der Waals surface area contributed by atoms with Crippen LogP contribution in [-0.2, 0) is 6.61 Å². The summed E-state index contributed by atoms with van der Waals surface area (Å²) < 4.78 is 5.75. The molecule has 1 N–H and O–H groups in total. The van der Waals surface area contributed by atoms with E-state index < -0.39 is 5.97 Å². The summed E-state index contributed by atoms with van der Waals surface area (Å²) in [6.07, 6.45) is 0. The van der Waals surface area contributed by atoms with E-state index in [4.69, 9.17) is 4.74 Å². The fourth-order valence-electron chi connectivity index (χ4n) is 2.04. The van der Waals surface area contributed by atoms with Crippen LogP contribution in [0.2, 0.25) is 0 Å². The van der Waals surface area contributed by atoms with Gasteiger partial charge in [-0.25, -0.2) is 4.79 Å². The van der Waals surface area contributed by atoms with Gasteiger partial charge in [0.25, 0.3) is 0 Å². The van der Waals surface area contributed by atoms with Gasteiger partial charge in [0.2, 0.25) is 0 Å². The fourth-order valence-corrected chi connectivity index (χ4v) is 2.31. The van der Waals surface area contributed by atoms with Crippen molar-refractivity contribution in [3.8, 4) is 5.75 Å². The van der Waals surface area contributed by atoms with Crippen LogP contribution >= 0.6 is 12.6 Å². The van der Waals surface area contributed by atoms with Crippen LogP contribution in [0.4, 0.5) is 0 Å². The minimum Gasteiger partial charge on any atom is -0.489 e. The van der Waals surface area contributed by atoms with Gasteiger partial charge in [-0.2, -0.15) is 0 Å². The lowest BCUT2D eigenvalue weighted by molar-refractivity contribution is 0.0693. The molecule has 0 amide bonds. The Kier molecular flexibility index (Phi) is 4.35. The molecule has 2 aromatic rings. The van der Waals surface area contributed by atoms with Gasteiger partial charge in [0.15, 0.2) is 0 Å². The minimum absolute atomic E-state index is 0.237. The normalized spacial score (nSPS) is 10.3. The zero-order chi connectivity index (χ0) is 14.7. The number of hydrogen-bond acceptors (Lipinski definition) is 3. The van der Waals surface area contributed by atoms with E-state index in [-0.39, 0.29) is 12.2 Å². The number of carboxylic acids is 1. The van der Waals surface area contributed by atoms with E-state index in [0.717, 1.165) is 21.8 Å². The van der Waals surface area contributed by atoms with Gasteiger partial charge in [-0.15, -0.1) is 12.6 Å². The van der Waals surface area contributed by atoms with E-state index >= 15 is 0 Å². The first kappa shape index (κ1) is 14.5. The van der Waals surface area contributed by atoms with Crippen molar-refractivity contribution in [3.63, 3.8) is 0 Å². The van der Waals surface area contributed by atoms with E-state index in [9.17, 15) is 9.90 Å². The van der Waals surface area contributed by atoms with Crippen LogP contribution in [0.25, 0.3) is 0 Å². The molecule has 0 spiro atoms. The molecule has 0 heterocycles. The summed E-state index contributed by atoms with van der Waals surface area (Å²) in [4.78, 5) is 12.1. The molecule has 0 aromatic heterocycles. The first-order valence-corrected chi connectivity index (χ1v) is 6.68. The predicted octanol–water partition coefficient (Wildman–Crippen LogP) is 3.87. The lowest BCUT2D eigenvalue weighted by atomic mass is 10.0. The third-order valence-corrected chi connectivity index (χ3v) is 3.45. The molecular weight excluding hydrogens is 272 g/mol. The van der Waals surface area contributed by atoms with Crippen LogP contribution in [0.15, 0.2) is 41.3 Å². The van der Waals surface area contributed by atoms with Crippen LogP contribution < -0.4 is 4.74 Å². The largest absolute Gasteiger partial charge is 0.489 e. The summed E-state index contributed by atoms with van der Waals surface area (Å²) in [6.45, 7) is 4.06. The van der Waals surface area contributed by atoms with Crippen molar-refractivity contribution in [1.82, 2.24) is 0 Å². The summed E-state index contributed by atoms with van der Waals surface area (Å²) in [5.41, 5.74) is 2.87. The number of ether oxygens (including phenoxy) is 1. The Hall–Kier alpha value is -1.94. The molecule has 0 radical (unpaired) electrons. The predicted molar refractivity (Wildman–Crippen MR) is 80.9 cm³/mol. The Bertz CT molecular complexity index is 650. The number of carboxylic acid groups (broad SMARTS) is 1. The smallest absolute Gasteiger partial charge is 0.336 e. The summed E-state index contributed by atoms with van der Waals surface area (Å²) >= 11 is 4.27. The summed E-state index contributed by atoms with van der Waals surface area (Å²) in [6, 6.07) is 10.8. The number of hydrogen-bond donors (Lipinski definition) is 2. The first-order chi connectivity index (χ1) is 9.49. The molecule has 0 saturated carbocycles. The number of aryl methyl sites for hydroxylation is 2. The Balaban J connectivity index is 2.25. The van der Waals surface area contributed by atoms with Gasteiger partial charge >= 0.3 is 5.97 Å². The van der Waals surface area contributed by atoms with Gasteiger partial charge in [-0.05, 0) is 49.2 Å². The van der Waals surface area contributed by atoms with E-state index in [1.54, 1.807) is 12.1 Å². The van der Waals surface area contributed by atoms with Gasteiger partial charge in [0.1, 0.15) is 12.4 Å². The van der Waals surface area contributed by atoms with Gasteiger partial charge in [0.05, 0.1) is 5.56 Å². The second-order valence-electron chi connectivity index (χ2n) is 4.64. The molecular formula is C16H16O3S. The highest BCUT2D eigenvalue weighted by atomic mass is 32.1. The third-order valence-electron chi connectivity index (χ3n) is 3.17. The number of rotatable bonds is 4. The molecule has 0 bridgehead atoms. The number of aromatic carboxylic acids is 1. The molecule has 0 atom stereocenters. The zero-order valence-corrected chi connectivity index (χ0v) is 12.3. The first-order valence-electron chi connectivity index (χ1n) is 6.23. The molecule has 0 unspecified atom stereocenters. The molecule has 20 heavy (non-hydrogen) atoms. The maximum atomic E-state index is 11.2. The average Bonchev–Trinajstić information content (AvgIpc) is 2.38. The van der Waals surface area contributed by atoms with Crippen molar-refractivity contribution >= 4 is 18.6 Å². The van der Waals surface area contributed by atoms with Gasteiger partial charge in [-0.1, -0.05) is 12.1 Å². The van der Waals surface area contributed by atoms with E-state index in [2.05, 4.69) is 12.6 Å². The molecule has 0 aliphatic carbocycles. The Morgan fingerprint density at radius 2 is 1.95 bits per heavy atom. The van der Waals surface area contributed by atoms with Crippen molar-refractivity contribution in [3.05, 3.63) is 58.7 Å². The molecule has 4 heteroatoms. The highest BCUT2D eigenvalue weighted by Gasteiger charge is 2.12. The maximum Gasteiger partial charge on any atom is 0.336 e. The van der Waals surface area contributed by atoms with Gasteiger partial charge < -0.3 is 9.84 Å². The standard InChI is InChI=1S/C16H16O3S/c1-10-4-3-5-13(16(17)18)14(10)9-19-15-7-6-12(20)8-11(15)2/h3-8,20H,9H2,1-2H3,(H,17,18). The van der Waals surface area contributed by atoms with E-state index in [1.165, 1.54) is 0 Å². The van der Waals surface area contributed by atoms with Crippen LogP contribution in [-0.4, -0.2) is 11.1 Å². The quantitative estimate of drug-likeness (QED) is 0.840. The van der Waals surface area contributed by atoms with Crippen LogP contribution in [0.1, 0.15) is 27.0 Å². The average molecular weight is 288 g/mol. The second-order valence-corrected chi connectivity index (χ2v) is 5.16. The van der Waals surface area contributed by atoms with Gasteiger partial charge in [-0.3, -0.25) is 0 Å². The third kappa shape index (κ3) is 3.14. The molecule has 2 rings (SSSR count). The molecule has 0 aliphatic heterocycles. The summed E-state index contributed by atoms with van der Waals surface area (Å²) in [7, 11) is 0. The maximum absolute atomic E-state index is 11.2. The van der Waals surface area contributed by atoms with Crippen LogP contribution in [0, 0.1) is 13.8 Å². The topological polar surface area (TPSA) is 46.5 Å². The number of benzene rings is 2. The Labute approximate surface area is 123 Å².